The van der Waals surface area contributed by atoms with Crippen LogP contribution < -0.4 is 4.48 Å². The molecule has 1 rings (SSSR count). The predicted molar refractivity (Wildman–Crippen MR) is 57.1 cm³/mol. The fraction of sp³-hybridized carbons (Fsp3) is 0.400. The maximum absolute atomic E-state index is 12.4. The predicted octanol–water partition coefficient (Wildman–Crippen LogP) is 2.50. The van der Waals surface area contributed by atoms with Crippen LogP contribution in [-0.4, -0.2) is 38.0 Å². The normalized spacial score (nSPS) is 13.1. The molecule has 0 saturated heterocycles. The molecule has 1 aromatic heterocycles. The molecule has 111 valence electrons. The Morgan fingerprint density at radius 3 is 2.30 bits per heavy atom. The van der Waals surface area contributed by atoms with E-state index >= 15 is 0 Å². The molecule has 0 aliphatic rings. The van der Waals surface area contributed by atoms with Gasteiger partial charge in [0.05, 0.1) is 0 Å². The monoisotopic (exact) mass is 362 g/mol. The van der Waals surface area contributed by atoms with Crippen molar-refractivity contribution in [1.29, 1.82) is 0 Å². The van der Waals surface area contributed by atoms with Crippen LogP contribution in [-0.2, 0) is 6.18 Å². The third-order valence-corrected chi connectivity index (χ3v) is 4.40. The molecule has 0 atom stereocenters. The summed E-state index contributed by atoms with van der Waals surface area (Å²) in [5.74, 6) is -1.64. The van der Waals surface area contributed by atoms with Gasteiger partial charge in [-0.3, -0.25) is 0 Å². The van der Waals surface area contributed by atoms with Crippen molar-refractivity contribution < 1.29 is 36.2 Å². The van der Waals surface area contributed by atoms with Crippen LogP contribution in [0.1, 0.15) is 22.3 Å². The van der Waals surface area contributed by atoms with E-state index in [0.29, 0.717) is 12.3 Å². The zero-order valence-electron chi connectivity index (χ0n) is 9.59. The van der Waals surface area contributed by atoms with Gasteiger partial charge >= 0.3 is 115 Å². The van der Waals surface area contributed by atoms with Crippen molar-refractivity contribution in [1.82, 2.24) is 4.98 Å². The molecule has 1 aromatic rings. The minimum absolute atomic E-state index is 0.203. The first kappa shape index (κ1) is 16.8. The molecule has 10 heteroatoms. The second kappa shape index (κ2) is 6.03. The Morgan fingerprint density at radius 1 is 1.25 bits per heavy atom. The second-order valence-electron chi connectivity index (χ2n) is 3.64. The van der Waals surface area contributed by atoms with Gasteiger partial charge in [-0.05, 0) is 0 Å². The zero-order chi connectivity index (χ0) is 15.6. The molecule has 0 aromatic carbocycles. The van der Waals surface area contributed by atoms with Crippen LogP contribution in [0.5, 0.6) is 0 Å². The number of alkyl halides is 6. The third kappa shape index (κ3) is 5.03. The van der Waals surface area contributed by atoms with Gasteiger partial charge in [-0.25, -0.2) is 0 Å². The standard InChI is InChI=1S/C10H7AsF6NO2/c12-9(13,14)1-2-11-7-6(8(19)20)3-5(4-18-7)10(15,16)17/h3-4H,1-2H2,(H,19,20). The Balaban J connectivity index is 2.94. The van der Waals surface area contributed by atoms with Crippen LogP contribution in [0.4, 0.5) is 26.3 Å². The summed E-state index contributed by atoms with van der Waals surface area (Å²) in [5, 5.41) is 8.45. The van der Waals surface area contributed by atoms with E-state index in [1.54, 1.807) is 0 Å². The number of pyridine rings is 1. The van der Waals surface area contributed by atoms with Gasteiger partial charge in [0.1, 0.15) is 0 Å². The first-order valence-corrected chi connectivity index (χ1v) is 7.32. The summed E-state index contributed by atoms with van der Waals surface area (Å²) in [4.78, 5) is 14.2. The second-order valence-corrected chi connectivity index (χ2v) is 6.14. The molecule has 0 aliphatic heterocycles. The number of carboxylic acids is 1. The molecule has 0 amide bonds. The van der Waals surface area contributed by atoms with Crippen molar-refractivity contribution in [3.8, 4) is 0 Å². The van der Waals surface area contributed by atoms with E-state index in [2.05, 4.69) is 4.98 Å². The molecule has 0 aliphatic carbocycles. The van der Waals surface area contributed by atoms with Crippen molar-refractivity contribution in [2.75, 3.05) is 0 Å². The molecule has 0 bridgehead atoms. The van der Waals surface area contributed by atoms with E-state index in [0.717, 1.165) is 0 Å². The van der Waals surface area contributed by atoms with Crippen LogP contribution in [0.3, 0.4) is 0 Å². The van der Waals surface area contributed by atoms with Crippen LogP contribution in [0.25, 0.3) is 0 Å². The molecule has 3 nitrogen and oxygen atoms in total. The molecule has 1 radical (unpaired) electrons. The Bertz CT molecular complexity index is 500. The Hall–Kier alpha value is -1.24. The molecule has 0 fully saturated rings. The number of carboxylic acid groups (broad SMARTS) is 1. The summed E-state index contributed by atoms with van der Waals surface area (Å²) in [6, 6.07) is 0.397. The quantitative estimate of drug-likeness (QED) is 0.662. The Labute approximate surface area is 115 Å². The van der Waals surface area contributed by atoms with Crippen LogP contribution in [0.15, 0.2) is 12.3 Å². The summed E-state index contributed by atoms with van der Waals surface area (Å²) in [6.45, 7) is 0. The topological polar surface area (TPSA) is 50.2 Å². The summed E-state index contributed by atoms with van der Waals surface area (Å²) in [5.41, 5.74) is -1.93. The molecule has 20 heavy (non-hydrogen) atoms. The van der Waals surface area contributed by atoms with Crippen molar-refractivity contribution >= 4 is 26.2 Å². The maximum atomic E-state index is 12.4. The van der Waals surface area contributed by atoms with Crippen LogP contribution >= 0.6 is 0 Å². The zero-order valence-corrected chi connectivity index (χ0v) is 11.5. The number of carbonyl (C=O) groups is 1. The van der Waals surface area contributed by atoms with Gasteiger partial charge in [-0.2, -0.15) is 0 Å². The fourth-order valence-electron chi connectivity index (χ4n) is 1.18. The number of nitrogens with zero attached hydrogens (tertiary/aromatic N) is 1. The summed E-state index contributed by atoms with van der Waals surface area (Å²) < 4.78 is 72.9. The summed E-state index contributed by atoms with van der Waals surface area (Å²) in [6.07, 6.45) is -9.82. The van der Waals surface area contributed by atoms with E-state index < -0.39 is 51.6 Å². The van der Waals surface area contributed by atoms with Crippen molar-refractivity contribution in [3.05, 3.63) is 23.4 Å². The number of aromatic carboxylic acids is 1. The average molecular weight is 362 g/mol. The number of rotatable bonds is 4. The summed E-state index contributed by atoms with van der Waals surface area (Å²) >= 11 is -1.27. The van der Waals surface area contributed by atoms with E-state index in [9.17, 15) is 31.1 Å². The van der Waals surface area contributed by atoms with Gasteiger partial charge in [0.25, 0.3) is 0 Å². The Kier molecular flexibility index (Phi) is 5.07. The van der Waals surface area contributed by atoms with Crippen LogP contribution in [0.2, 0.25) is 5.21 Å². The van der Waals surface area contributed by atoms with E-state index in [1.807, 2.05) is 0 Å². The number of hydrogen-bond acceptors (Lipinski definition) is 2. The first-order chi connectivity index (χ1) is 9.00. The van der Waals surface area contributed by atoms with Gasteiger partial charge in [0, 0.05) is 0 Å². The molecule has 0 unspecified atom stereocenters. The molecule has 1 heterocycles. The van der Waals surface area contributed by atoms with Gasteiger partial charge in [0.2, 0.25) is 0 Å². The minimum atomic E-state index is -4.75. The van der Waals surface area contributed by atoms with Crippen molar-refractivity contribution in [3.63, 3.8) is 0 Å². The number of aromatic nitrogens is 1. The van der Waals surface area contributed by atoms with Crippen molar-refractivity contribution in [2.24, 2.45) is 0 Å². The number of halogens is 6. The molecule has 0 saturated carbocycles. The Morgan fingerprint density at radius 2 is 1.85 bits per heavy atom. The van der Waals surface area contributed by atoms with Gasteiger partial charge in [0.15, 0.2) is 0 Å². The molecule has 1 N–H and O–H groups in total. The summed E-state index contributed by atoms with van der Waals surface area (Å²) in [7, 11) is 0. The van der Waals surface area contributed by atoms with Gasteiger partial charge in [-0.15, -0.1) is 0 Å². The number of hydrogen-bond donors (Lipinski definition) is 1. The first-order valence-electron chi connectivity index (χ1n) is 5.05. The average Bonchev–Trinajstić information content (AvgIpc) is 2.25. The van der Waals surface area contributed by atoms with Crippen molar-refractivity contribution in [2.45, 2.75) is 24.0 Å². The SMILES string of the molecule is O=C(O)c1cc(C(F)(F)F)cnc1[As]CCC(F)(F)F. The van der Waals surface area contributed by atoms with E-state index in [-0.39, 0.29) is 9.69 Å². The molecular formula is C10H7AsF6NO2. The molecule has 0 spiro atoms. The van der Waals surface area contributed by atoms with Gasteiger partial charge in [-0.1, -0.05) is 0 Å². The van der Waals surface area contributed by atoms with Crippen LogP contribution in [0, 0.1) is 0 Å². The fourth-order valence-corrected chi connectivity index (χ4v) is 3.38. The molecular weight excluding hydrogens is 355 g/mol. The third-order valence-electron chi connectivity index (χ3n) is 2.08. The van der Waals surface area contributed by atoms with E-state index in [4.69, 9.17) is 5.11 Å². The van der Waals surface area contributed by atoms with Gasteiger partial charge < -0.3 is 0 Å². The van der Waals surface area contributed by atoms with E-state index in [1.165, 1.54) is 0 Å².